The number of hydrogen-bond donors (Lipinski definition) is 3. The second-order valence-electron chi connectivity index (χ2n) is 8.57. The van der Waals surface area contributed by atoms with Gasteiger partial charge in [0.15, 0.2) is 5.71 Å². The highest BCUT2D eigenvalue weighted by Crippen LogP contribution is 2.41. The topological polar surface area (TPSA) is 191 Å². The fourth-order valence-electron chi connectivity index (χ4n) is 3.54. The number of carbonyl (C=O) groups is 3. The van der Waals surface area contributed by atoms with Crippen molar-refractivity contribution in [1.82, 2.24) is 35.4 Å². The Morgan fingerprint density at radius 2 is 2.19 bits per heavy atom. The fourth-order valence-corrected chi connectivity index (χ4v) is 5.87. The van der Waals surface area contributed by atoms with Crippen LogP contribution < -0.4 is 11.1 Å². The largest absolute Gasteiger partial charge is 0.477 e. The molecule has 2 atom stereocenters. The molecule has 16 heteroatoms. The summed E-state index contributed by atoms with van der Waals surface area (Å²) >= 11 is 2.63. The third kappa shape index (κ3) is 5.69. The number of oxime groups is 1. The molecule has 2 amide bonds. The van der Waals surface area contributed by atoms with Gasteiger partial charge in [0, 0.05) is 18.6 Å². The zero-order valence-electron chi connectivity index (χ0n) is 20.2. The van der Waals surface area contributed by atoms with E-state index < -0.39 is 29.2 Å². The maximum atomic E-state index is 13.2. The third-order valence-electron chi connectivity index (χ3n) is 5.29. The van der Waals surface area contributed by atoms with E-state index >= 15 is 0 Å². The lowest BCUT2D eigenvalue weighted by atomic mass is 10.0. The number of amides is 2. The van der Waals surface area contributed by atoms with Crippen LogP contribution in [0, 0.1) is 5.92 Å². The number of thioether (sulfide) groups is 2. The molecule has 0 aromatic carbocycles. The number of rotatable bonds is 10. The van der Waals surface area contributed by atoms with E-state index in [-0.39, 0.29) is 35.4 Å². The quantitative estimate of drug-likeness (QED) is 0.157. The average molecular weight is 548 g/mol. The lowest BCUT2D eigenvalue weighted by Gasteiger charge is -2.49. The molecule has 2 aromatic rings. The minimum Gasteiger partial charge on any atom is -0.477 e. The number of tetrazole rings is 1. The van der Waals surface area contributed by atoms with Gasteiger partial charge in [-0.1, -0.05) is 36.8 Å². The molecule has 2 aliphatic rings. The van der Waals surface area contributed by atoms with E-state index in [2.05, 4.69) is 31.0 Å². The first-order valence-electron chi connectivity index (χ1n) is 11.2. The monoisotopic (exact) mass is 547 g/mol. The van der Waals surface area contributed by atoms with E-state index in [4.69, 9.17) is 10.6 Å². The first-order valence-corrected chi connectivity index (χ1v) is 13.2. The van der Waals surface area contributed by atoms with Gasteiger partial charge in [-0.25, -0.2) is 14.5 Å². The van der Waals surface area contributed by atoms with E-state index in [1.807, 2.05) is 13.8 Å². The first-order chi connectivity index (χ1) is 17.7. The number of hydrogen-bond acceptors (Lipinski definition) is 12. The summed E-state index contributed by atoms with van der Waals surface area (Å²) in [4.78, 5) is 49.0. The number of nitrogens with one attached hydrogen (secondary N) is 1. The van der Waals surface area contributed by atoms with E-state index in [0.717, 1.165) is 0 Å². The molecule has 2 aliphatic heterocycles. The standard InChI is InChI=1S/C21H25N9O5S2/c1-10(2)7-35-26-14(12-5-4-6-13(22)23-12)17(31)24-15-18(32)30-16(20(33)34)11(8-36-19(15)30)9-37-21-25-27-28-29(21)3/h4-6,10,15,19H,7-9H2,1-3H3,(H2,22,23)(H,24,31)(H,33,34)/b26-14+. The molecule has 1 fully saturated rings. The molecule has 4 rings (SSSR count). The number of aryl methyl sites for hydroxylation is 1. The summed E-state index contributed by atoms with van der Waals surface area (Å²) in [5.74, 6) is -1.43. The Morgan fingerprint density at radius 1 is 1.41 bits per heavy atom. The van der Waals surface area contributed by atoms with Crippen molar-refractivity contribution in [2.24, 2.45) is 18.1 Å². The number of nitrogen functional groups attached to an aromatic ring is 1. The Kier molecular flexibility index (Phi) is 7.97. The molecule has 0 bridgehead atoms. The van der Waals surface area contributed by atoms with Crippen LogP contribution >= 0.6 is 23.5 Å². The van der Waals surface area contributed by atoms with Gasteiger partial charge >= 0.3 is 5.97 Å². The van der Waals surface area contributed by atoms with Gasteiger partial charge in [0.2, 0.25) is 5.16 Å². The van der Waals surface area contributed by atoms with Crippen molar-refractivity contribution in [3.05, 3.63) is 35.2 Å². The number of pyridine rings is 1. The minimum atomic E-state index is -1.22. The van der Waals surface area contributed by atoms with Crippen LogP contribution in [0.1, 0.15) is 19.5 Å². The number of carboxylic acids is 1. The molecule has 0 aliphatic carbocycles. The molecular formula is C21H25N9O5S2. The second-order valence-corrected chi connectivity index (χ2v) is 10.6. The van der Waals surface area contributed by atoms with Crippen molar-refractivity contribution in [3.63, 3.8) is 0 Å². The van der Waals surface area contributed by atoms with Crippen LogP contribution in [0.5, 0.6) is 0 Å². The van der Waals surface area contributed by atoms with Crippen LogP contribution in [0.2, 0.25) is 0 Å². The maximum Gasteiger partial charge on any atom is 0.352 e. The van der Waals surface area contributed by atoms with Crippen molar-refractivity contribution >= 4 is 52.8 Å². The zero-order chi connectivity index (χ0) is 26.7. The van der Waals surface area contributed by atoms with Crippen molar-refractivity contribution in [2.75, 3.05) is 23.8 Å². The molecule has 0 radical (unpaired) electrons. The van der Waals surface area contributed by atoms with Gasteiger partial charge in [-0.15, -0.1) is 16.9 Å². The number of nitrogens with two attached hydrogens (primary N) is 1. The number of fused-ring (bicyclic) bond motifs is 1. The maximum absolute atomic E-state index is 13.2. The number of aromatic nitrogens is 5. The summed E-state index contributed by atoms with van der Waals surface area (Å²) in [6.07, 6.45) is 0. The molecule has 14 nitrogen and oxygen atoms in total. The van der Waals surface area contributed by atoms with Crippen molar-refractivity contribution in [3.8, 4) is 0 Å². The predicted molar refractivity (Wildman–Crippen MR) is 135 cm³/mol. The van der Waals surface area contributed by atoms with Crippen LogP contribution in [0.4, 0.5) is 5.82 Å². The highest BCUT2D eigenvalue weighted by molar-refractivity contribution is 8.01. The summed E-state index contributed by atoms with van der Waals surface area (Å²) < 4.78 is 1.48. The molecule has 0 spiro atoms. The molecule has 4 N–H and O–H groups in total. The molecule has 0 saturated carbocycles. The Morgan fingerprint density at radius 3 is 2.84 bits per heavy atom. The number of aliphatic carboxylic acids is 1. The normalized spacial score (nSPS) is 19.5. The van der Waals surface area contributed by atoms with Crippen LogP contribution in [0.3, 0.4) is 0 Å². The Bertz CT molecular complexity index is 1280. The van der Waals surface area contributed by atoms with E-state index in [0.29, 0.717) is 22.2 Å². The lowest BCUT2D eigenvalue weighted by molar-refractivity contribution is -0.150. The van der Waals surface area contributed by atoms with Crippen LogP contribution in [0.25, 0.3) is 0 Å². The van der Waals surface area contributed by atoms with Gasteiger partial charge < -0.3 is 21.0 Å². The van der Waals surface area contributed by atoms with E-state index in [9.17, 15) is 19.5 Å². The van der Waals surface area contributed by atoms with Gasteiger partial charge in [-0.2, -0.15) is 0 Å². The average Bonchev–Trinajstić information content (AvgIpc) is 3.27. The SMILES string of the molecule is CC(C)CO/N=C(/C(=O)NC1C(=O)N2C(C(=O)O)=C(CSc3nnnn3C)CSC12)c1cccc(N)n1. The second kappa shape index (κ2) is 11.2. The molecule has 37 heavy (non-hydrogen) atoms. The van der Waals surface area contributed by atoms with Crippen molar-refractivity contribution in [1.29, 1.82) is 0 Å². The highest BCUT2D eigenvalue weighted by Gasteiger charge is 2.54. The minimum absolute atomic E-state index is 0.0893. The number of nitrogens with zero attached hydrogens (tertiary/aromatic N) is 7. The van der Waals surface area contributed by atoms with Crippen molar-refractivity contribution < 1.29 is 24.3 Å². The number of carbonyl (C=O) groups excluding carboxylic acids is 2. The summed E-state index contributed by atoms with van der Waals surface area (Å²) in [5, 5.41) is 27.6. The van der Waals surface area contributed by atoms with Gasteiger partial charge in [-0.3, -0.25) is 14.5 Å². The van der Waals surface area contributed by atoms with Gasteiger partial charge in [0.05, 0.1) is 0 Å². The van der Waals surface area contributed by atoms with Gasteiger partial charge in [0.25, 0.3) is 11.8 Å². The van der Waals surface area contributed by atoms with Gasteiger partial charge in [0.1, 0.15) is 35.2 Å². The fraction of sp³-hybridized carbons (Fsp3) is 0.429. The smallest absolute Gasteiger partial charge is 0.352 e. The molecule has 196 valence electrons. The summed E-state index contributed by atoms with van der Waals surface area (Å²) in [5.41, 5.74) is 6.29. The first kappa shape index (κ1) is 26.4. The summed E-state index contributed by atoms with van der Waals surface area (Å²) in [7, 11) is 1.68. The number of carboxylic acid groups (broad SMARTS) is 1. The summed E-state index contributed by atoms with van der Waals surface area (Å²) in [6.45, 7) is 4.13. The Labute approximate surface area is 220 Å². The molecular weight excluding hydrogens is 522 g/mol. The lowest BCUT2D eigenvalue weighted by Crippen LogP contribution is -2.71. The highest BCUT2D eigenvalue weighted by atomic mass is 32.2. The molecule has 4 heterocycles. The van der Waals surface area contributed by atoms with Crippen LogP contribution in [0.15, 0.2) is 39.8 Å². The number of β-lactam (4-membered cyclic amide) rings is 1. The molecule has 2 aromatic heterocycles. The Hall–Kier alpha value is -3.66. The zero-order valence-corrected chi connectivity index (χ0v) is 21.8. The number of anilines is 1. The predicted octanol–water partition coefficient (Wildman–Crippen LogP) is 0.0949. The molecule has 1 saturated heterocycles. The van der Waals surface area contributed by atoms with E-state index in [1.54, 1.807) is 25.2 Å². The molecule has 2 unspecified atom stereocenters. The van der Waals surface area contributed by atoms with E-state index in [1.165, 1.54) is 33.1 Å². The third-order valence-corrected chi connectivity index (χ3v) is 7.72. The van der Waals surface area contributed by atoms with Crippen LogP contribution in [-0.4, -0.2) is 88.2 Å². The summed E-state index contributed by atoms with van der Waals surface area (Å²) in [6, 6.07) is 3.80. The van der Waals surface area contributed by atoms with Gasteiger partial charge in [-0.05, 0) is 34.1 Å². The van der Waals surface area contributed by atoms with Crippen molar-refractivity contribution in [2.45, 2.75) is 30.4 Å². The Balaban J connectivity index is 1.50. The van der Waals surface area contributed by atoms with Crippen LogP contribution in [-0.2, 0) is 26.3 Å².